The van der Waals surface area contributed by atoms with Crippen LogP contribution < -0.4 is 0 Å². The number of alkyl halides is 5. The zero-order valence-corrected chi connectivity index (χ0v) is 48.6. The summed E-state index contributed by atoms with van der Waals surface area (Å²) in [6.45, 7) is 0.549. The van der Waals surface area contributed by atoms with Gasteiger partial charge in [0, 0.05) is 71.6 Å². The molecule has 0 spiro atoms. The molecule has 3 saturated carbocycles. The molecule has 3 aliphatic rings. The number of halogens is 10. The number of aliphatic hydroxyl groups is 3. The van der Waals surface area contributed by atoms with Crippen molar-refractivity contribution >= 4 is 164 Å². The first-order chi connectivity index (χ1) is 32.4. The molecule has 3 unspecified atom stereocenters. The Morgan fingerprint density at radius 3 is 1.20 bits per heavy atom. The largest absolute Gasteiger partial charge is 0.386 e. The first-order valence-corrected chi connectivity index (χ1v) is 33.0. The maximum absolute atomic E-state index is 11.9. The van der Waals surface area contributed by atoms with E-state index in [0.29, 0.717) is 62.3 Å². The monoisotopic (exact) mass is 1380 g/mol. The molecule has 376 valence electrons. The lowest BCUT2D eigenvalue weighted by Crippen LogP contribution is -2.47. The van der Waals surface area contributed by atoms with Crippen LogP contribution in [0.25, 0.3) is 0 Å². The topological polar surface area (TPSA) is 156 Å². The van der Waals surface area contributed by atoms with Crippen molar-refractivity contribution in [1.82, 2.24) is 44.3 Å². The molecule has 25 heteroatoms. The summed E-state index contributed by atoms with van der Waals surface area (Å²) in [6.07, 6.45) is 9.68. The maximum atomic E-state index is 11.9. The molecule has 6 aromatic rings. The van der Waals surface area contributed by atoms with E-state index in [1.54, 1.807) is 26.2 Å². The van der Waals surface area contributed by atoms with Crippen LogP contribution in [0, 0.1) is 4.77 Å². The van der Waals surface area contributed by atoms with Crippen LogP contribution in [0.2, 0.25) is 15.1 Å². The van der Waals surface area contributed by atoms with Gasteiger partial charge in [-0.2, -0.15) is 10.2 Å². The molecule has 9 rings (SSSR count). The molecular formula is C44H49Cl8I2N9O3S3. The maximum Gasteiger partial charge on any atom is 0.215 e. The zero-order valence-electron chi connectivity index (χ0n) is 35.8. The van der Waals surface area contributed by atoms with Crippen LogP contribution in [0.1, 0.15) is 62.6 Å². The Morgan fingerprint density at radius 1 is 0.594 bits per heavy atom. The average molecular weight is 1390 g/mol. The smallest absolute Gasteiger partial charge is 0.215 e. The summed E-state index contributed by atoms with van der Waals surface area (Å²) in [7, 11) is 2.66. The van der Waals surface area contributed by atoms with Gasteiger partial charge < -0.3 is 15.3 Å². The molecule has 3 fully saturated rings. The lowest BCUT2D eigenvalue weighted by atomic mass is 9.89. The third kappa shape index (κ3) is 15.0. The van der Waals surface area contributed by atoms with Gasteiger partial charge in [-0.05, 0) is 107 Å². The second kappa shape index (κ2) is 25.9. The Hall–Kier alpha value is -0.340. The van der Waals surface area contributed by atoms with Crippen molar-refractivity contribution < 1.29 is 15.3 Å². The van der Waals surface area contributed by atoms with Gasteiger partial charge in [-0.1, -0.05) is 96.8 Å². The van der Waals surface area contributed by atoms with Crippen molar-refractivity contribution in [3.63, 3.8) is 0 Å². The highest BCUT2D eigenvalue weighted by molar-refractivity contribution is 15.0. The van der Waals surface area contributed by atoms with Gasteiger partial charge in [0.1, 0.15) is 35.8 Å². The van der Waals surface area contributed by atoms with Gasteiger partial charge in [-0.3, -0.25) is 9.78 Å². The lowest BCUT2D eigenvalue weighted by molar-refractivity contribution is 0.00486. The van der Waals surface area contributed by atoms with Crippen LogP contribution in [0.5, 0.6) is 0 Å². The Bertz CT molecular complexity index is 2540. The Balaban J connectivity index is 0.000000276. The zero-order chi connectivity index (χ0) is 49.4. The fourth-order valence-electron chi connectivity index (χ4n) is 7.74. The summed E-state index contributed by atoms with van der Waals surface area (Å²) in [5, 5.41) is 49.7. The molecule has 0 amide bonds. The van der Waals surface area contributed by atoms with Crippen LogP contribution in [0.15, 0.2) is 102 Å². The molecular weight excluding hydrogens is 1340 g/mol. The number of nitrogens with one attached hydrogen (secondary N) is 1. The molecule has 12 nitrogen and oxygen atoms in total. The quantitative estimate of drug-likeness (QED) is 0.0281. The van der Waals surface area contributed by atoms with Crippen molar-refractivity contribution in [2.45, 2.75) is 127 Å². The number of hydrogen-bond donors (Lipinski definition) is 4. The van der Waals surface area contributed by atoms with Crippen molar-refractivity contribution in [1.29, 1.82) is 0 Å². The van der Waals surface area contributed by atoms with Gasteiger partial charge in [-0.15, -0.1) is 58.0 Å². The summed E-state index contributed by atoms with van der Waals surface area (Å²) in [5.41, 5.74) is -1.20. The van der Waals surface area contributed by atoms with Crippen LogP contribution in [0.4, 0.5) is 0 Å². The number of aromatic nitrogens is 9. The van der Waals surface area contributed by atoms with Crippen LogP contribution >= 0.6 is 164 Å². The van der Waals surface area contributed by atoms with Gasteiger partial charge in [-0.25, -0.2) is 24.3 Å². The molecule has 3 heterocycles. The highest BCUT2D eigenvalue weighted by Gasteiger charge is 2.60. The predicted molar refractivity (Wildman–Crippen MR) is 304 cm³/mol. The standard InChI is InChI=1S/C28H28Cl4N6O2S2.C14H15Cl2N3OS.CH2Cl2.CH4.I2/c29-21-7-3-1-5-19(21)13-27(39,25(31)9-10-25)15-37-23(33-17-35-37)41-42-24-34-18-36-38(24)16-28(40,26(32)11-12-26)14-20-6-2-4-8-22(20)30;15-11-4-2-1-3-10(11)7-14(20,13(16)5-6-13)8-19-12(21)17-9-18-19;2-1-3;;1-2/h1-8,17-18,39-40H,9-16H2;1-4,9,20H,5-8H2,(H,17,18,21);1H2;1H4;. The van der Waals surface area contributed by atoms with E-state index in [-0.39, 0.29) is 45.2 Å². The van der Waals surface area contributed by atoms with E-state index in [4.69, 9.17) is 105 Å². The van der Waals surface area contributed by atoms with Crippen molar-refractivity contribution in [2.75, 3.05) is 5.34 Å². The Labute approximate surface area is 478 Å². The average Bonchev–Trinajstić information content (AvgIpc) is 4.27. The lowest BCUT2D eigenvalue weighted by Gasteiger charge is -2.34. The molecule has 3 aromatic heterocycles. The minimum atomic E-state index is -1.29. The van der Waals surface area contributed by atoms with Gasteiger partial charge in [0.05, 0.1) is 39.6 Å². The van der Waals surface area contributed by atoms with Crippen LogP contribution in [0.3, 0.4) is 0 Å². The van der Waals surface area contributed by atoms with E-state index >= 15 is 0 Å². The third-order valence-electron chi connectivity index (χ3n) is 12.1. The van der Waals surface area contributed by atoms with Crippen LogP contribution in [-0.2, 0) is 38.9 Å². The second-order valence-electron chi connectivity index (χ2n) is 16.7. The van der Waals surface area contributed by atoms with E-state index in [9.17, 15) is 15.3 Å². The fourth-order valence-corrected chi connectivity index (χ4v) is 11.1. The van der Waals surface area contributed by atoms with Crippen LogP contribution in [-0.4, -0.2) is 96.4 Å². The SMILES string of the molecule is C.ClCCl.II.OC(Cc1ccccc1Cl)(Cn1[nH]cnc1=S)C1(Cl)CC1.OC(Cc1ccccc1Cl)(Cn1ncnc1SSc1ncnn1CC(O)(Cc1ccccc1Cl)C1(Cl)CC1)C1(Cl)CC1. The van der Waals surface area contributed by atoms with Crippen molar-refractivity contribution in [3.8, 4) is 0 Å². The summed E-state index contributed by atoms with van der Waals surface area (Å²) in [4.78, 5) is 10.6. The Kier molecular flexibility index (Phi) is 22.4. The molecule has 3 aromatic carbocycles. The molecule has 69 heavy (non-hydrogen) atoms. The number of H-pyrrole nitrogens is 1. The molecule has 3 aliphatic carbocycles. The fraction of sp³-hybridized carbons (Fsp3) is 0.455. The van der Waals surface area contributed by atoms with Crippen molar-refractivity contribution in [3.05, 3.63) is 128 Å². The molecule has 0 radical (unpaired) electrons. The molecule has 0 saturated heterocycles. The normalized spacial score (nSPS) is 18.2. The first-order valence-electron chi connectivity index (χ1n) is 20.8. The molecule has 3 atom stereocenters. The summed E-state index contributed by atoms with van der Waals surface area (Å²) in [6, 6.07) is 22.4. The Morgan fingerprint density at radius 2 is 0.913 bits per heavy atom. The molecule has 4 N–H and O–H groups in total. The molecule has 0 aliphatic heterocycles. The molecule has 0 bridgehead atoms. The highest BCUT2D eigenvalue weighted by atomic mass is 128. The summed E-state index contributed by atoms with van der Waals surface area (Å²) >= 11 is 58.2. The highest BCUT2D eigenvalue weighted by Crippen LogP contribution is 2.55. The first kappa shape index (κ1) is 59.5. The van der Waals surface area contributed by atoms with Crippen molar-refractivity contribution in [2.24, 2.45) is 0 Å². The van der Waals surface area contributed by atoms with E-state index in [1.165, 1.54) is 40.6 Å². The summed E-state index contributed by atoms with van der Waals surface area (Å²) in [5.74, 6) is 0. The van der Waals surface area contributed by atoms with Gasteiger partial charge >= 0.3 is 0 Å². The minimum absolute atomic E-state index is 0. The number of benzene rings is 3. The van der Waals surface area contributed by atoms with E-state index in [2.05, 4.69) is 67.5 Å². The number of hydrogen-bond acceptors (Lipinski definition) is 11. The minimum Gasteiger partial charge on any atom is -0.386 e. The van der Waals surface area contributed by atoms with Gasteiger partial charge in [0.15, 0.2) is 10.3 Å². The van der Waals surface area contributed by atoms with E-state index in [0.717, 1.165) is 29.5 Å². The number of rotatable bonds is 18. The van der Waals surface area contributed by atoms with E-state index in [1.807, 2.05) is 60.7 Å². The predicted octanol–water partition coefficient (Wildman–Crippen LogP) is 13.6. The van der Waals surface area contributed by atoms with Gasteiger partial charge in [0.25, 0.3) is 0 Å². The van der Waals surface area contributed by atoms with E-state index < -0.39 is 31.4 Å². The number of nitrogens with zero attached hydrogens (tertiary/aromatic N) is 8. The third-order valence-corrected chi connectivity index (χ3v) is 17.9. The second-order valence-corrected chi connectivity index (χ2v) is 23.3. The van der Waals surface area contributed by atoms with Gasteiger partial charge in [0.2, 0.25) is 4.77 Å². The number of aromatic amines is 1. The summed E-state index contributed by atoms with van der Waals surface area (Å²) < 4.78 is 5.34.